The summed E-state index contributed by atoms with van der Waals surface area (Å²) >= 11 is 0. The molecule has 0 fully saturated rings. The number of carbonyl (C=O) groups is 1. The minimum absolute atomic E-state index is 0.149. The first-order chi connectivity index (χ1) is 8.17. The van der Waals surface area contributed by atoms with Crippen LogP contribution >= 0.6 is 0 Å². The van der Waals surface area contributed by atoms with E-state index in [-0.39, 0.29) is 6.42 Å². The van der Waals surface area contributed by atoms with Crippen LogP contribution in [0.15, 0.2) is 10.6 Å². The number of hydrogen-bond donors (Lipinski definition) is 1. The standard InChI is InChI=1S/C9H11N5O3/c1-2-7-11-12-8(17-7)5-14-4-6(10-13-14)3-9(15)16/h4H,2-3,5H2,1H3,(H,15,16). The molecule has 0 aliphatic rings. The van der Waals surface area contributed by atoms with Gasteiger partial charge >= 0.3 is 5.97 Å². The molecule has 17 heavy (non-hydrogen) atoms. The van der Waals surface area contributed by atoms with Crippen LogP contribution in [0.4, 0.5) is 0 Å². The van der Waals surface area contributed by atoms with Crippen molar-refractivity contribution in [2.75, 3.05) is 0 Å². The number of carboxylic acids is 1. The first kappa shape index (κ1) is 11.2. The highest BCUT2D eigenvalue weighted by molar-refractivity contribution is 5.69. The van der Waals surface area contributed by atoms with Gasteiger partial charge in [-0.15, -0.1) is 15.3 Å². The van der Waals surface area contributed by atoms with E-state index in [2.05, 4.69) is 20.5 Å². The molecule has 0 spiro atoms. The molecule has 2 aromatic rings. The molecule has 0 amide bonds. The Kier molecular flexibility index (Phi) is 3.12. The molecule has 0 aliphatic carbocycles. The summed E-state index contributed by atoms with van der Waals surface area (Å²) < 4.78 is 6.76. The van der Waals surface area contributed by atoms with Crippen LogP contribution in [0.5, 0.6) is 0 Å². The lowest BCUT2D eigenvalue weighted by molar-refractivity contribution is -0.136. The van der Waals surface area contributed by atoms with Crippen molar-refractivity contribution >= 4 is 5.97 Å². The summed E-state index contributed by atoms with van der Waals surface area (Å²) in [6.45, 7) is 2.21. The lowest BCUT2D eigenvalue weighted by Crippen LogP contribution is -2.01. The third-order valence-corrected chi connectivity index (χ3v) is 2.03. The summed E-state index contributed by atoms with van der Waals surface area (Å²) in [6.07, 6.45) is 2.07. The summed E-state index contributed by atoms with van der Waals surface area (Å²) in [4.78, 5) is 10.5. The zero-order valence-corrected chi connectivity index (χ0v) is 9.20. The SMILES string of the molecule is CCc1nnc(Cn2cc(CC(=O)O)nn2)o1. The molecule has 8 nitrogen and oxygen atoms in total. The Morgan fingerprint density at radius 1 is 1.41 bits per heavy atom. The van der Waals surface area contributed by atoms with E-state index in [1.165, 1.54) is 4.68 Å². The lowest BCUT2D eigenvalue weighted by atomic mass is 10.3. The summed E-state index contributed by atoms with van der Waals surface area (Å²) in [6, 6.07) is 0. The molecule has 8 heteroatoms. The van der Waals surface area contributed by atoms with E-state index in [9.17, 15) is 4.79 Å². The molecule has 0 saturated carbocycles. The first-order valence-electron chi connectivity index (χ1n) is 5.09. The van der Waals surface area contributed by atoms with Crippen LogP contribution in [0.3, 0.4) is 0 Å². The van der Waals surface area contributed by atoms with E-state index in [1.54, 1.807) is 6.20 Å². The van der Waals surface area contributed by atoms with Crippen molar-refractivity contribution < 1.29 is 14.3 Å². The molecule has 0 aliphatic heterocycles. The highest BCUT2D eigenvalue weighted by Gasteiger charge is 2.09. The van der Waals surface area contributed by atoms with Gasteiger partial charge in [0.1, 0.15) is 6.54 Å². The average Bonchev–Trinajstić information content (AvgIpc) is 2.88. The van der Waals surface area contributed by atoms with Crippen LogP contribution in [0.25, 0.3) is 0 Å². The lowest BCUT2D eigenvalue weighted by Gasteiger charge is -1.92. The predicted molar refractivity (Wildman–Crippen MR) is 54.1 cm³/mol. The van der Waals surface area contributed by atoms with Crippen LogP contribution in [0, 0.1) is 0 Å². The van der Waals surface area contributed by atoms with Crippen molar-refractivity contribution in [2.45, 2.75) is 26.3 Å². The molecular weight excluding hydrogens is 226 g/mol. The number of aliphatic carboxylic acids is 1. The van der Waals surface area contributed by atoms with E-state index < -0.39 is 5.97 Å². The number of rotatable bonds is 5. The molecule has 0 aromatic carbocycles. The topological polar surface area (TPSA) is 107 Å². The van der Waals surface area contributed by atoms with Crippen molar-refractivity contribution in [2.24, 2.45) is 0 Å². The summed E-state index contributed by atoms with van der Waals surface area (Å²) in [5.74, 6) is 0.0441. The largest absolute Gasteiger partial charge is 0.481 e. The summed E-state index contributed by atoms with van der Waals surface area (Å²) in [5.41, 5.74) is 0.396. The average molecular weight is 237 g/mol. The first-order valence-corrected chi connectivity index (χ1v) is 5.09. The molecule has 90 valence electrons. The molecule has 0 saturated heterocycles. The normalized spacial score (nSPS) is 10.6. The van der Waals surface area contributed by atoms with Crippen molar-refractivity contribution in [3.05, 3.63) is 23.7 Å². The third-order valence-electron chi connectivity index (χ3n) is 2.03. The zero-order valence-electron chi connectivity index (χ0n) is 9.20. The zero-order chi connectivity index (χ0) is 12.3. The number of aromatic nitrogens is 5. The van der Waals surface area contributed by atoms with Gasteiger partial charge in [-0.05, 0) is 0 Å². The second-order valence-corrected chi connectivity index (χ2v) is 3.42. The molecule has 0 unspecified atom stereocenters. The number of hydrogen-bond acceptors (Lipinski definition) is 6. The maximum Gasteiger partial charge on any atom is 0.309 e. The van der Waals surface area contributed by atoms with Crippen LogP contribution in [-0.4, -0.2) is 36.3 Å². The van der Waals surface area contributed by atoms with E-state index >= 15 is 0 Å². The minimum Gasteiger partial charge on any atom is -0.481 e. The van der Waals surface area contributed by atoms with Gasteiger partial charge in [-0.25, -0.2) is 4.68 Å². The molecule has 2 heterocycles. The van der Waals surface area contributed by atoms with Gasteiger partial charge in [-0.2, -0.15) is 0 Å². The Hall–Kier alpha value is -2.25. The van der Waals surface area contributed by atoms with Crippen molar-refractivity contribution in [1.29, 1.82) is 0 Å². The number of nitrogens with zero attached hydrogens (tertiary/aromatic N) is 5. The Morgan fingerprint density at radius 2 is 2.18 bits per heavy atom. The van der Waals surface area contributed by atoms with Crippen molar-refractivity contribution in [3.63, 3.8) is 0 Å². The predicted octanol–water partition coefficient (Wildman–Crippen LogP) is -0.101. The Labute approximate surface area is 96.3 Å². The Balaban J connectivity index is 2.03. The van der Waals surface area contributed by atoms with Gasteiger partial charge in [0, 0.05) is 12.6 Å². The Morgan fingerprint density at radius 3 is 2.82 bits per heavy atom. The van der Waals surface area contributed by atoms with E-state index in [0.717, 1.165) is 0 Å². The van der Waals surface area contributed by atoms with Gasteiger partial charge in [-0.1, -0.05) is 12.1 Å². The summed E-state index contributed by atoms with van der Waals surface area (Å²) in [5, 5.41) is 23.7. The van der Waals surface area contributed by atoms with E-state index in [0.29, 0.717) is 30.4 Å². The van der Waals surface area contributed by atoms with E-state index in [1.807, 2.05) is 6.92 Å². The quantitative estimate of drug-likeness (QED) is 0.773. The highest BCUT2D eigenvalue weighted by atomic mass is 16.4. The van der Waals surface area contributed by atoms with Gasteiger partial charge in [0.25, 0.3) is 0 Å². The molecule has 2 aromatic heterocycles. The molecule has 0 bridgehead atoms. The van der Waals surface area contributed by atoms with Crippen LogP contribution in [-0.2, 0) is 24.2 Å². The smallest absolute Gasteiger partial charge is 0.309 e. The molecule has 1 N–H and O–H groups in total. The third kappa shape index (κ3) is 2.86. The van der Waals surface area contributed by atoms with Crippen molar-refractivity contribution in [3.8, 4) is 0 Å². The van der Waals surface area contributed by atoms with Crippen LogP contribution in [0.1, 0.15) is 24.4 Å². The fourth-order valence-electron chi connectivity index (χ4n) is 1.29. The fraction of sp³-hybridized carbons (Fsp3) is 0.444. The monoisotopic (exact) mass is 237 g/mol. The molecule has 0 atom stereocenters. The minimum atomic E-state index is -0.942. The molecular formula is C9H11N5O3. The second kappa shape index (κ2) is 4.73. The molecule has 2 rings (SSSR count). The number of aryl methyl sites for hydroxylation is 1. The second-order valence-electron chi connectivity index (χ2n) is 3.42. The van der Waals surface area contributed by atoms with Gasteiger partial charge in [0.15, 0.2) is 0 Å². The Bertz CT molecular complexity index is 518. The van der Waals surface area contributed by atoms with Crippen LogP contribution < -0.4 is 0 Å². The van der Waals surface area contributed by atoms with Gasteiger partial charge in [0.05, 0.1) is 12.1 Å². The summed E-state index contributed by atoms with van der Waals surface area (Å²) in [7, 11) is 0. The van der Waals surface area contributed by atoms with Gasteiger partial charge < -0.3 is 9.52 Å². The van der Waals surface area contributed by atoms with Gasteiger partial charge in [0.2, 0.25) is 11.8 Å². The van der Waals surface area contributed by atoms with E-state index in [4.69, 9.17) is 9.52 Å². The van der Waals surface area contributed by atoms with Crippen molar-refractivity contribution in [1.82, 2.24) is 25.2 Å². The van der Waals surface area contributed by atoms with Crippen LogP contribution in [0.2, 0.25) is 0 Å². The molecule has 0 radical (unpaired) electrons. The maximum atomic E-state index is 10.5. The highest BCUT2D eigenvalue weighted by Crippen LogP contribution is 2.03. The van der Waals surface area contributed by atoms with Gasteiger partial charge in [-0.3, -0.25) is 4.79 Å². The maximum absolute atomic E-state index is 10.5. The fourth-order valence-corrected chi connectivity index (χ4v) is 1.29. The number of carboxylic acid groups (broad SMARTS) is 1.